The third kappa shape index (κ3) is 5.51. The standard InChI is InChI=1S/C56H36N2O/c1-2-16-47-38(11-1)23-24-42-33-40(27-31-48(42)47)39-12-9-13-44(34-39)57(43-29-25-37(26-30-43)41-28-32-52-51-19-5-8-22-55(51)59-56(52)35-41)45-14-10-15-46(36-45)58-53-20-6-3-17-49(53)50-18-4-7-21-54(50)58/h1-36H. The van der Waals surface area contributed by atoms with Gasteiger partial charge in [0.2, 0.25) is 0 Å². The molecule has 0 amide bonds. The molecule has 0 aliphatic rings. The zero-order valence-electron chi connectivity index (χ0n) is 32.1. The van der Waals surface area contributed by atoms with Crippen molar-refractivity contribution in [2.24, 2.45) is 0 Å². The molecule has 10 aromatic carbocycles. The van der Waals surface area contributed by atoms with Crippen molar-refractivity contribution in [2.75, 3.05) is 4.90 Å². The number of hydrogen-bond acceptors (Lipinski definition) is 2. The summed E-state index contributed by atoms with van der Waals surface area (Å²) >= 11 is 0. The number of para-hydroxylation sites is 3. The zero-order chi connectivity index (χ0) is 38.9. The summed E-state index contributed by atoms with van der Waals surface area (Å²) in [5.41, 5.74) is 13.1. The molecule has 0 aliphatic heterocycles. The number of benzene rings is 10. The maximum Gasteiger partial charge on any atom is 0.136 e. The maximum absolute atomic E-state index is 6.27. The quantitative estimate of drug-likeness (QED) is 0.158. The lowest BCUT2D eigenvalue weighted by atomic mass is 9.97. The van der Waals surface area contributed by atoms with E-state index in [2.05, 4.69) is 216 Å². The molecule has 0 fully saturated rings. The third-order valence-electron chi connectivity index (χ3n) is 11.9. The molecular formula is C56H36N2O. The first-order valence-electron chi connectivity index (χ1n) is 20.2. The van der Waals surface area contributed by atoms with Gasteiger partial charge in [0.05, 0.1) is 11.0 Å². The minimum atomic E-state index is 0.898. The van der Waals surface area contributed by atoms with Gasteiger partial charge >= 0.3 is 0 Å². The minimum absolute atomic E-state index is 0.898. The van der Waals surface area contributed by atoms with Gasteiger partial charge in [-0.1, -0.05) is 140 Å². The van der Waals surface area contributed by atoms with E-state index in [9.17, 15) is 0 Å². The summed E-state index contributed by atoms with van der Waals surface area (Å²) in [5.74, 6) is 0. The number of aromatic nitrogens is 1. The Hall–Kier alpha value is -7.88. The fourth-order valence-corrected chi connectivity index (χ4v) is 9.14. The number of furan rings is 1. The lowest BCUT2D eigenvalue weighted by Crippen LogP contribution is -2.10. The molecule has 3 nitrogen and oxygen atoms in total. The van der Waals surface area contributed by atoms with E-state index < -0.39 is 0 Å². The van der Waals surface area contributed by atoms with Gasteiger partial charge in [-0.3, -0.25) is 0 Å². The van der Waals surface area contributed by atoms with Crippen molar-refractivity contribution in [3.8, 4) is 27.9 Å². The first-order chi connectivity index (χ1) is 29.2. The molecule has 0 atom stereocenters. The van der Waals surface area contributed by atoms with Gasteiger partial charge in [0.15, 0.2) is 0 Å². The van der Waals surface area contributed by atoms with Crippen LogP contribution in [0.2, 0.25) is 0 Å². The second-order valence-electron chi connectivity index (χ2n) is 15.4. The molecule has 0 N–H and O–H groups in total. The molecule has 0 bridgehead atoms. The molecule has 0 saturated carbocycles. The molecule has 3 heteroatoms. The van der Waals surface area contributed by atoms with Crippen molar-refractivity contribution in [1.29, 1.82) is 0 Å². The van der Waals surface area contributed by atoms with Gasteiger partial charge in [-0.05, 0) is 123 Å². The summed E-state index contributed by atoms with van der Waals surface area (Å²) in [6.45, 7) is 0. The number of hydrogen-bond donors (Lipinski definition) is 0. The number of rotatable bonds is 6. The predicted molar refractivity (Wildman–Crippen MR) is 249 cm³/mol. The predicted octanol–water partition coefficient (Wildman–Crippen LogP) is 15.8. The molecule has 2 heterocycles. The van der Waals surface area contributed by atoms with Crippen LogP contribution in [0.3, 0.4) is 0 Å². The highest BCUT2D eigenvalue weighted by Gasteiger charge is 2.18. The second kappa shape index (κ2) is 13.4. The maximum atomic E-state index is 6.27. The zero-order valence-corrected chi connectivity index (χ0v) is 32.1. The summed E-state index contributed by atoms with van der Waals surface area (Å²) in [6, 6.07) is 78.9. The van der Waals surface area contributed by atoms with Gasteiger partial charge in [0.25, 0.3) is 0 Å². The van der Waals surface area contributed by atoms with E-state index in [1.807, 2.05) is 12.1 Å². The van der Waals surface area contributed by atoms with Crippen LogP contribution in [0.5, 0.6) is 0 Å². The smallest absolute Gasteiger partial charge is 0.136 e. The molecule has 2 aromatic heterocycles. The van der Waals surface area contributed by atoms with Crippen molar-refractivity contribution in [1.82, 2.24) is 4.57 Å². The Morgan fingerprint density at radius 3 is 1.66 bits per heavy atom. The first kappa shape index (κ1) is 33.3. The normalized spacial score (nSPS) is 11.7. The Labute approximate surface area is 341 Å². The lowest BCUT2D eigenvalue weighted by molar-refractivity contribution is 0.669. The van der Waals surface area contributed by atoms with Crippen LogP contribution < -0.4 is 4.90 Å². The highest BCUT2D eigenvalue weighted by Crippen LogP contribution is 2.41. The van der Waals surface area contributed by atoms with Gasteiger partial charge in [0, 0.05) is 44.3 Å². The third-order valence-corrected chi connectivity index (χ3v) is 11.9. The molecule has 276 valence electrons. The van der Waals surface area contributed by atoms with Gasteiger partial charge < -0.3 is 13.9 Å². The summed E-state index contributed by atoms with van der Waals surface area (Å²) < 4.78 is 8.66. The van der Waals surface area contributed by atoms with Crippen LogP contribution in [0.4, 0.5) is 17.1 Å². The van der Waals surface area contributed by atoms with Crippen LogP contribution in [0.1, 0.15) is 0 Å². The second-order valence-corrected chi connectivity index (χ2v) is 15.4. The molecule has 0 aliphatic carbocycles. The molecular weight excluding hydrogens is 717 g/mol. The molecule has 12 aromatic rings. The Morgan fingerprint density at radius 2 is 0.864 bits per heavy atom. The van der Waals surface area contributed by atoms with Gasteiger partial charge in [-0.15, -0.1) is 0 Å². The highest BCUT2D eigenvalue weighted by molar-refractivity contribution is 6.10. The monoisotopic (exact) mass is 752 g/mol. The average Bonchev–Trinajstić information content (AvgIpc) is 3.85. The van der Waals surface area contributed by atoms with Crippen LogP contribution in [0, 0.1) is 0 Å². The van der Waals surface area contributed by atoms with E-state index >= 15 is 0 Å². The highest BCUT2D eigenvalue weighted by atomic mass is 16.3. The average molecular weight is 753 g/mol. The molecule has 0 unspecified atom stereocenters. The topological polar surface area (TPSA) is 21.3 Å². The van der Waals surface area contributed by atoms with E-state index in [1.165, 1.54) is 48.9 Å². The molecule has 59 heavy (non-hydrogen) atoms. The van der Waals surface area contributed by atoms with E-state index in [0.717, 1.165) is 61.4 Å². The minimum Gasteiger partial charge on any atom is -0.456 e. The van der Waals surface area contributed by atoms with E-state index in [0.29, 0.717) is 0 Å². The van der Waals surface area contributed by atoms with Crippen molar-refractivity contribution in [2.45, 2.75) is 0 Å². The molecule has 0 spiro atoms. The fourth-order valence-electron chi connectivity index (χ4n) is 9.14. The Bertz CT molecular complexity index is 3520. The van der Waals surface area contributed by atoms with Gasteiger partial charge in [-0.2, -0.15) is 0 Å². The summed E-state index contributed by atoms with van der Waals surface area (Å²) in [5, 5.41) is 9.81. The van der Waals surface area contributed by atoms with Gasteiger partial charge in [-0.25, -0.2) is 0 Å². The van der Waals surface area contributed by atoms with Gasteiger partial charge in [0.1, 0.15) is 11.2 Å². The summed E-state index contributed by atoms with van der Waals surface area (Å²) in [6.07, 6.45) is 0. The summed E-state index contributed by atoms with van der Waals surface area (Å²) in [7, 11) is 0. The van der Waals surface area contributed by atoms with Crippen molar-refractivity contribution in [3.63, 3.8) is 0 Å². The molecule has 12 rings (SSSR count). The number of fused-ring (bicyclic) bond motifs is 9. The number of anilines is 3. The first-order valence-corrected chi connectivity index (χ1v) is 20.2. The van der Waals surface area contributed by atoms with E-state index in [-0.39, 0.29) is 0 Å². The summed E-state index contributed by atoms with van der Waals surface area (Å²) in [4.78, 5) is 2.38. The van der Waals surface area contributed by atoms with Crippen LogP contribution in [0.25, 0.3) is 93.2 Å². The van der Waals surface area contributed by atoms with Crippen molar-refractivity contribution >= 4 is 82.4 Å². The number of nitrogens with zero attached hydrogens (tertiary/aromatic N) is 2. The SMILES string of the molecule is c1cc(-c2ccc3c(ccc4ccccc43)c2)cc(N(c2ccc(-c3ccc4c(c3)oc3ccccc34)cc2)c2cccc(-n3c4ccccc4c4ccccc43)c2)c1. The van der Waals surface area contributed by atoms with Crippen molar-refractivity contribution < 1.29 is 4.42 Å². The van der Waals surface area contributed by atoms with Crippen molar-refractivity contribution in [3.05, 3.63) is 218 Å². The molecule has 0 saturated heterocycles. The van der Waals surface area contributed by atoms with E-state index in [4.69, 9.17) is 4.42 Å². The van der Waals surface area contributed by atoms with Crippen LogP contribution in [-0.2, 0) is 0 Å². The Balaban J connectivity index is 0.993. The Morgan fingerprint density at radius 1 is 0.305 bits per heavy atom. The van der Waals surface area contributed by atoms with Crippen LogP contribution in [-0.4, -0.2) is 4.57 Å². The van der Waals surface area contributed by atoms with Crippen LogP contribution >= 0.6 is 0 Å². The van der Waals surface area contributed by atoms with Crippen LogP contribution in [0.15, 0.2) is 223 Å². The Kier molecular flexibility index (Phi) is 7.54. The fraction of sp³-hybridized carbons (Fsp3) is 0. The van der Waals surface area contributed by atoms with E-state index in [1.54, 1.807) is 0 Å². The largest absolute Gasteiger partial charge is 0.456 e. The lowest BCUT2D eigenvalue weighted by Gasteiger charge is -2.27. The molecule has 0 radical (unpaired) electrons.